The fourth-order valence-corrected chi connectivity index (χ4v) is 2.27. The molecule has 0 spiro atoms. The van der Waals surface area contributed by atoms with E-state index in [1.54, 1.807) is 30.4 Å². The maximum atomic E-state index is 4.49. The van der Waals surface area contributed by atoms with Crippen LogP contribution < -0.4 is 0 Å². The summed E-state index contributed by atoms with van der Waals surface area (Å²) in [7, 11) is 0. The number of aliphatic imine (C=N–C) groups is 1. The minimum Gasteiger partial charge on any atom is -0.265 e. The van der Waals surface area contributed by atoms with Crippen LogP contribution in [-0.2, 0) is 0 Å². The Morgan fingerprint density at radius 3 is 2.86 bits per heavy atom. The van der Waals surface area contributed by atoms with Crippen LogP contribution in [0.3, 0.4) is 0 Å². The molecule has 0 fully saturated rings. The molecular weight excluding hydrogens is 196 g/mol. The molecule has 3 rings (SSSR count). The van der Waals surface area contributed by atoms with Crippen LogP contribution in [-0.4, -0.2) is 27.3 Å². The van der Waals surface area contributed by atoms with Gasteiger partial charge in [-0.3, -0.25) is 9.98 Å². The maximum absolute atomic E-state index is 4.49. The van der Waals surface area contributed by atoms with Crippen molar-refractivity contribution in [2.45, 2.75) is 6.04 Å². The Morgan fingerprint density at radius 1 is 1.21 bits per heavy atom. The number of hydrogen-bond acceptors (Lipinski definition) is 5. The summed E-state index contributed by atoms with van der Waals surface area (Å²) < 4.78 is 0. The highest BCUT2D eigenvalue weighted by Crippen LogP contribution is 2.27. The lowest BCUT2D eigenvalue weighted by atomic mass is 10.3. The lowest BCUT2D eigenvalue weighted by molar-refractivity contribution is 1.22. The molecule has 0 saturated heterocycles. The highest BCUT2D eigenvalue weighted by atomic mass is 32.2. The minimum atomic E-state index is 0.0585. The molecule has 68 valence electrons. The summed E-state index contributed by atoms with van der Waals surface area (Å²) in [6.07, 6.45) is 5.29. The van der Waals surface area contributed by atoms with Crippen LogP contribution in [0.15, 0.2) is 39.7 Å². The van der Waals surface area contributed by atoms with Crippen LogP contribution in [0.4, 0.5) is 0 Å². The predicted molar refractivity (Wildman–Crippen MR) is 58.1 cm³/mol. The van der Waals surface area contributed by atoms with Gasteiger partial charge in [0.1, 0.15) is 16.1 Å². The number of hydrogen-bond donors (Lipinski definition) is 0. The van der Waals surface area contributed by atoms with Crippen molar-refractivity contribution in [2.24, 2.45) is 15.2 Å². The van der Waals surface area contributed by atoms with Crippen molar-refractivity contribution in [3.05, 3.63) is 30.1 Å². The van der Waals surface area contributed by atoms with Crippen LogP contribution >= 0.6 is 11.8 Å². The van der Waals surface area contributed by atoms with E-state index in [-0.39, 0.29) is 6.04 Å². The second-order valence-electron chi connectivity index (χ2n) is 2.92. The molecule has 4 nitrogen and oxygen atoms in total. The topological polar surface area (TPSA) is 50.0 Å². The standard InChI is InChI=1S/C9H6N4S/c1-3-10-4-2-6(1)8-12-7-5-11-13-9(7)14-8/h1-5,7H. The van der Waals surface area contributed by atoms with E-state index < -0.39 is 0 Å². The van der Waals surface area contributed by atoms with E-state index in [4.69, 9.17) is 0 Å². The molecule has 0 aliphatic carbocycles. The number of nitrogens with zero attached hydrogens (tertiary/aromatic N) is 4. The molecule has 5 heteroatoms. The third kappa shape index (κ3) is 1.17. The maximum Gasteiger partial charge on any atom is 0.138 e. The van der Waals surface area contributed by atoms with Crippen LogP contribution in [0.25, 0.3) is 0 Å². The molecule has 0 saturated carbocycles. The van der Waals surface area contributed by atoms with Gasteiger partial charge in [-0.2, -0.15) is 5.10 Å². The summed E-state index contributed by atoms with van der Waals surface area (Å²) in [5.74, 6) is 0. The van der Waals surface area contributed by atoms with Crippen LogP contribution in [0, 0.1) is 0 Å². The fourth-order valence-electron chi connectivity index (χ4n) is 1.33. The smallest absolute Gasteiger partial charge is 0.138 e. The van der Waals surface area contributed by atoms with Crippen molar-refractivity contribution in [2.75, 3.05) is 0 Å². The molecule has 2 aliphatic rings. The lowest BCUT2D eigenvalue weighted by Gasteiger charge is -1.96. The number of pyridine rings is 1. The third-order valence-corrected chi connectivity index (χ3v) is 3.07. The van der Waals surface area contributed by atoms with Gasteiger partial charge in [-0.05, 0) is 23.9 Å². The average molecular weight is 202 g/mol. The van der Waals surface area contributed by atoms with E-state index in [0.717, 1.165) is 15.7 Å². The average Bonchev–Trinajstić information content (AvgIpc) is 2.78. The summed E-state index contributed by atoms with van der Waals surface area (Å²) in [6, 6.07) is 3.96. The summed E-state index contributed by atoms with van der Waals surface area (Å²) in [5, 5.41) is 9.78. The van der Waals surface area contributed by atoms with Crippen LogP contribution in [0.1, 0.15) is 5.56 Å². The zero-order chi connectivity index (χ0) is 9.38. The largest absolute Gasteiger partial charge is 0.265 e. The van der Waals surface area contributed by atoms with Crippen molar-refractivity contribution < 1.29 is 0 Å². The highest BCUT2D eigenvalue weighted by Gasteiger charge is 2.27. The molecule has 0 amide bonds. The zero-order valence-corrected chi connectivity index (χ0v) is 7.98. The van der Waals surface area contributed by atoms with Gasteiger partial charge >= 0.3 is 0 Å². The molecule has 3 heterocycles. The molecule has 1 unspecified atom stereocenters. The first kappa shape index (κ1) is 7.87. The Labute approximate surface area is 84.9 Å². The number of thioether (sulfide) groups is 1. The monoisotopic (exact) mass is 202 g/mol. The van der Waals surface area contributed by atoms with Crippen molar-refractivity contribution in [1.29, 1.82) is 0 Å². The number of aromatic nitrogens is 1. The molecule has 0 aromatic carbocycles. The van der Waals surface area contributed by atoms with E-state index >= 15 is 0 Å². The van der Waals surface area contributed by atoms with Gasteiger partial charge in [-0.15, -0.1) is 5.10 Å². The van der Waals surface area contributed by atoms with Crippen molar-refractivity contribution >= 4 is 28.1 Å². The number of rotatable bonds is 1. The Morgan fingerprint density at radius 2 is 2.07 bits per heavy atom. The normalized spacial score (nSPS) is 23.3. The summed E-state index contributed by atoms with van der Waals surface area (Å²) >= 11 is 1.58. The molecule has 1 aromatic heterocycles. The van der Waals surface area contributed by atoms with Crippen molar-refractivity contribution in [3.8, 4) is 0 Å². The molecule has 1 aromatic rings. The third-order valence-electron chi connectivity index (χ3n) is 2.00. The molecule has 14 heavy (non-hydrogen) atoms. The van der Waals surface area contributed by atoms with Gasteiger partial charge in [0.15, 0.2) is 0 Å². The molecule has 0 N–H and O–H groups in total. The van der Waals surface area contributed by atoms with E-state index in [0.29, 0.717) is 0 Å². The quantitative estimate of drug-likeness (QED) is 0.690. The molecule has 2 aliphatic heterocycles. The van der Waals surface area contributed by atoms with Crippen LogP contribution in [0.2, 0.25) is 0 Å². The SMILES string of the molecule is C1=NN=C2SC(c3ccncc3)=NC12. The first-order chi connectivity index (χ1) is 6.93. The Kier molecular flexibility index (Phi) is 1.70. The lowest BCUT2D eigenvalue weighted by Crippen LogP contribution is -2.06. The highest BCUT2D eigenvalue weighted by molar-refractivity contribution is 8.27. The van der Waals surface area contributed by atoms with E-state index in [1.165, 1.54) is 0 Å². The van der Waals surface area contributed by atoms with E-state index in [9.17, 15) is 0 Å². The summed E-state index contributed by atoms with van der Waals surface area (Å²) in [5.41, 5.74) is 1.09. The molecular formula is C9H6N4S. The summed E-state index contributed by atoms with van der Waals surface area (Å²) in [4.78, 5) is 8.46. The van der Waals surface area contributed by atoms with Gasteiger partial charge in [0.25, 0.3) is 0 Å². The minimum absolute atomic E-state index is 0.0585. The van der Waals surface area contributed by atoms with Crippen LogP contribution in [0.5, 0.6) is 0 Å². The fraction of sp³-hybridized carbons (Fsp3) is 0.111. The number of fused-ring (bicyclic) bond motifs is 1. The molecule has 0 bridgehead atoms. The van der Waals surface area contributed by atoms with Gasteiger partial charge < -0.3 is 0 Å². The van der Waals surface area contributed by atoms with Gasteiger partial charge in [-0.1, -0.05) is 0 Å². The first-order valence-corrected chi connectivity index (χ1v) is 5.02. The van der Waals surface area contributed by atoms with Crippen molar-refractivity contribution in [3.63, 3.8) is 0 Å². The molecule has 1 atom stereocenters. The predicted octanol–water partition coefficient (Wildman–Crippen LogP) is 1.34. The zero-order valence-electron chi connectivity index (χ0n) is 7.16. The first-order valence-electron chi connectivity index (χ1n) is 4.20. The Balaban J connectivity index is 1.96. The van der Waals surface area contributed by atoms with Gasteiger partial charge in [0.05, 0.1) is 6.21 Å². The van der Waals surface area contributed by atoms with E-state index in [1.807, 2.05) is 12.1 Å². The Bertz CT molecular complexity index is 449. The summed E-state index contributed by atoms with van der Waals surface area (Å²) in [6.45, 7) is 0. The van der Waals surface area contributed by atoms with Gasteiger partial charge in [0.2, 0.25) is 0 Å². The van der Waals surface area contributed by atoms with Crippen molar-refractivity contribution in [1.82, 2.24) is 4.98 Å². The van der Waals surface area contributed by atoms with E-state index in [2.05, 4.69) is 20.2 Å². The molecule has 0 radical (unpaired) electrons. The second-order valence-corrected chi connectivity index (χ2v) is 3.93. The van der Waals surface area contributed by atoms with Gasteiger partial charge in [-0.25, -0.2) is 0 Å². The van der Waals surface area contributed by atoms with Gasteiger partial charge in [0, 0.05) is 18.0 Å². The second kappa shape index (κ2) is 3.02. The Hall–Kier alpha value is -1.49.